The lowest BCUT2D eigenvalue weighted by Gasteiger charge is -2.24. The van der Waals surface area contributed by atoms with Gasteiger partial charge in [0.2, 0.25) is 0 Å². The molecular weight excluding hydrogens is 221 g/mol. The maximum absolute atomic E-state index is 12.6. The maximum Gasteiger partial charge on any atom is 0.164 e. The van der Waals surface area contributed by atoms with Crippen LogP contribution in [0.4, 0.5) is 4.39 Å². The summed E-state index contributed by atoms with van der Waals surface area (Å²) >= 11 is 0. The van der Waals surface area contributed by atoms with E-state index in [1.54, 1.807) is 6.92 Å². The van der Waals surface area contributed by atoms with Crippen molar-refractivity contribution in [1.29, 1.82) is 0 Å². The number of nitrogens with two attached hydrogens (primary N) is 1. The van der Waals surface area contributed by atoms with E-state index < -0.39 is 12.2 Å². The van der Waals surface area contributed by atoms with E-state index in [0.29, 0.717) is 26.1 Å². The van der Waals surface area contributed by atoms with E-state index in [4.69, 9.17) is 15.2 Å². The first-order valence-corrected chi connectivity index (χ1v) is 5.85. The molecule has 0 radical (unpaired) electrons. The molecule has 0 amide bonds. The Morgan fingerprint density at radius 3 is 2.88 bits per heavy atom. The van der Waals surface area contributed by atoms with Crippen molar-refractivity contribution in [2.45, 2.75) is 25.3 Å². The fourth-order valence-electron chi connectivity index (χ4n) is 1.82. The summed E-state index contributed by atoms with van der Waals surface area (Å²) in [4.78, 5) is 0. The molecule has 94 valence electrons. The summed E-state index contributed by atoms with van der Waals surface area (Å²) in [6, 6.07) is 5.78. The largest absolute Gasteiger partial charge is 0.486 e. The van der Waals surface area contributed by atoms with Crippen molar-refractivity contribution in [2.75, 3.05) is 19.9 Å². The molecule has 0 fully saturated rings. The molecule has 1 atom stereocenters. The van der Waals surface area contributed by atoms with Gasteiger partial charge in [0.1, 0.15) is 19.9 Å². The molecule has 1 aromatic rings. The zero-order valence-electron chi connectivity index (χ0n) is 10.0. The number of fused-ring (bicyclic) bond motifs is 1. The molecule has 1 unspecified atom stereocenters. The molecule has 0 spiro atoms. The van der Waals surface area contributed by atoms with Crippen LogP contribution in [-0.4, -0.2) is 25.4 Å². The summed E-state index contributed by atoms with van der Waals surface area (Å²) in [5.41, 5.74) is 6.06. The van der Waals surface area contributed by atoms with Gasteiger partial charge in [0.05, 0.1) is 0 Å². The average molecular weight is 239 g/mol. The van der Waals surface area contributed by atoms with Crippen molar-refractivity contribution in [3.05, 3.63) is 23.8 Å². The van der Waals surface area contributed by atoms with Gasteiger partial charge in [-0.25, -0.2) is 4.39 Å². The first kappa shape index (κ1) is 12.2. The Morgan fingerprint density at radius 1 is 1.35 bits per heavy atom. The number of rotatable bonds is 4. The highest BCUT2D eigenvalue weighted by Crippen LogP contribution is 2.34. The van der Waals surface area contributed by atoms with Gasteiger partial charge in [-0.2, -0.15) is 0 Å². The van der Waals surface area contributed by atoms with Crippen LogP contribution in [0.15, 0.2) is 18.2 Å². The van der Waals surface area contributed by atoms with Crippen molar-refractivity contribution < 1.29 is 13.9 Å². The lowest BCUT2D eigenvalue weighted by Crippen LogP contribution is -2.39. The number of halogens is 1. The van der Waals surface area contributed by atoms with Crippen LogP contribution in [0.2, 0.25) is 0 Å². The first-order chi connectivity index (χ1) is 8.12. The Bertz CT molecular complexity index is 393. The zero-order chi connectivity index (χ0) is 12.3. The van der Waals surface area contributed by atoms with E-state index in [9.17, 15) is 4.39 Å². The molecule has 0 aromatic heterocycles. The van der Waals surface area contributed by atoms with Gasteiger partial charge in [-0.1, -0.05) is 12.1 Å². The summed E-state index contributed by atoms with van der Waals surface area (Å²) in [5.74, 6) is 1.56. The van der Waals surface area contributed by atoms with Crippen LogP contribution in [0.5, 0.6) is 11.5 Å². The minimum absolute atomic E-state index is 0.515. The van der Waals surface area contributed by atoms with E-state index in [-0.39, 0.29) is 0 Å². The lowest BCUT2D eigenvalue weighted by atomic mass is 9.95. The van der Waals surface area contributed by atoms with Gasteiger partial charge < -0.3 is 15.2 Å². The fraction of sp³-hybridized carbons (Fsp3) is 0.538. The average Bonchev–Trinajstić information content (AvgIpc) is 2.36. The van der Waals surface area contributed by atoms with Crippen molar-refractivity contribution in [2.24, 2.45) is 5.73 Å². The molecule has 1 aliphatic heterocycles. The van der Waals surface area contributed by atoms with Crippen LogP contribution in [-0.2, 0) is 6.42 Å². The summed E-state index contributed by atoms with van der Waals surface area (Å²) < 4.78 is 23.7. The molecule has 0 bridgehead atoms. The van der Waals surface area contributed by atoms with Crippen LogP contribution in [0.25, 0.3) is 0 Å². The molecule has 1 aromatic carbocycles. The number of hydrogen-bond donors (Lipinski definition) is 1. The Morgan fingerprint density at radius 2 is 2.12 bits per heavy atom. The molecule has 0 saturated carbocycles. The van der Waals surface area contributed by atoms with Crippen LogP contribution < -0.4 is 15.2 Å². The van der Waals surface area contributed by atoms with E-state index in [0.717, 1.165) is 17.1 Å². The minimum Gasteiger partial charge on any atom is -0.486 e. The third-order valence-corrected chi connectivity index (χ3v) is 2.92. The summed E-state index contributed by atoms with van der Waals surface area (Å²) in [7, 11) is 0. The normalized spacial score (nSPS) is 17.6. The first-order valence-electron chi connectivity index (χ1n) is 5.85. The molecular formula is C13H18FNO2. The Labute approximate surface area is 101 Å². The third kappa shape index (κ3) is 2.88. The highest BCUT2D eigenvalue weighted by atomic mass is 19.1. The number of para-hydroxylation sites is 1. The SMILES string of the molecule is CC(N)(CF)CCc1cccc2c1OCCO2. The molecule has 17 heavy (non-hydrogen) atoms. The van der Waals surface area contributed by atoms with Gasteiger partial charge in [-0.05, 0) is 31.4 Å². The Hall–Kier alpha value is -1.29. The maximum atomic E-state index is 12.6. The molecule has 4 heteroatoms. The van der Waals surface area contributed by atoms with Crippen LogP contribution in [0, 0.1) is 0 Å². The number of hydrogen-bond acceptors (Lipinski definition) is 3. The van der Waals surface area contributed by atoms with Crippen molar-refractivity contribution in [1.82, 2.24) is 0 Å². The molecule has 2 N–H and O–H groups in total. The molecule has 0 aliphatic carbocycles. The highest BCUT2D eigenvalue weighted by molar-refractivity contribution is 5.47. The second-order valence-electron chi connectivity index (χ2n) is 4.73. The third-order valence-electron chi connectivity index (χ3n) is 2.92. The monoisotopic (exact) mass is 239 g/mol. The van der Waals surface area contributed by atoms with Crippen LogP contribution in [0.1, 0.15) is 18.9 Å². The van der Waals surface area contributed by atoms with Crippen LogP contribution in [0.3, 0.4) is 0 Å². The quantitative estimate of drug-likeness (QED) is 0.874. The van der Waals surface area contributed by atoms with Crippen molar-refractivity contribution in [3.63, 3.8) is 0 Å². The predicted molar refractivity (Wildman–Crippen MR) is 64.3 cm³/mol. The van der Waals surface area contributed by atoms with Crippen LogP contribution >= 0.6 is 0 Å². The minimum atomic E-state index is -0.766. The van der Waals surface area contributed by atoms with E-state index >= 15 is 0 Å². The summed E-state index contributed by atoms with van der Waals surface area (Å²) in [6.07, 6.45) is 1.28. The Balaban J connectivity index is 2.11. The molecule has 3 nitrogen and oxygen atoms in total. The summed E-state index contributed by atoms with van der Waals surface area (Å²) in [5, 5.41) is 0. The molecule has 1 heterocycles. The van der Waals surface area contributed by atoms with Gasteiger partial charge in [0, 0.05) is 5.54 Å². The molecule has 1 aliphatic rings. The lowest BCUT2D eigenvalue weighted by molar-refractivity contribution is 0.169. The number of ether oxygens (including phenoxy) is 2. The second kappa shape index (κ2) is 4.92. The predicted octanol–water partition coefficient (Wildman–Crippen LogP) is 2.08. The molecule has 2 rings (SSSR count). The van der Waals surface area contributed by atoms with Gasteiger partial charge in [0.25, 0.3) is 0 Å². The number of benzene rings is 1. The molecule has 0 saturated heterocycles. The van der Waals surface area contributed by atoms with Gasteiger partial charge in [-0.15, -0.1) is 0 Å². The van der Waals surface area contributed by atoms with Crippen molar-refractivity contribution >= 4 is 0 Å². The summed E-state index contributed by atoms with van der Waals surface area (Å²) in [6.45, 7) is 2.35. The van der Waals surface area contributed by atoms with E-state index in [2.05, 4.69) is 0 Å². The van der Waals surface area contributed by atoms with Gasteiger partial charge >= 0.3 is 0 Å². The van der Waals surface area contributed by atoms with Crippen molar-refractivity contribution in [3.8, 4) is 11.5 Å². The second-order valence-corrected chi connectivity index (χ2v) is 4.73. The number of alkyl halides is 1. The zero-order valence-corrected chi connectivity index (χ0v) is 10.0. The Kier molecular flexibility index (Phi) is 3.52. The topological polar surface area (TPSA) is 44.5 Å². The van der Waals surface area contributed by atoms with Gasteiger partial charge in [-0.3, -0.25) is 0 Å². The number of aryl methyl sites for hydroxylation is 1. The standard InChI is InChI=1S/C13H18FNO2/c1-13(15,9-14)6-5-10-3-2-4-11-12(10)17-8-7-16-11/h2-4H,5-9,15H2,1H3. The fourth-order valence-corrected chi connectivity index (χ4v) is 1.82. The van der Waals surface area contributed by atoms with E-state index in [1.807, 2.05) is 18.2 Å². The van der Waals surface area contributed by atoms with E-state index in [1.165, 1.54) is 0 Å². The smallest absolute Gasteiger partial charge is 0.164 e. The van der Waals surface area contributed by atoms with Gasteiger partial charge in [0.15, 0.2) is 11.5 Å². The highest BCUT2D eigenvalue weighted by Gasteiger charge is 2.21.